The molecule has 0 N–H and O–H groups in total. The minimum Gasteiger partial charge on any atom is -0.292 e. The normalized spacial score (nSPS) is 11.8. The number of nitriles is 1. The van der Waals surface area contributed by atoms with Crippen molar-refractivity contribution in [2.75, 3.05) is 0 Å². The molecular formula is C15H7BrF3NO. The van der Waals surface area contributed by atoms with Gasteiger partial charge in [0.05, 0.1) is 11.6 Å². The number of nitrogens with zero attached hydrogens (tertiary/aromatic N) is 1. The fourth-order valence-corrected chi connectivity index (χ4v) is 2.30. The molecule has 1 atom stereocenters. The van der Waals surface area contributed by atoms with Gasteiger partial charge in [-0.15, -0.1) is 0 Å². The van der Waals surface area contributed by atoms with Crippen LogP contribution in [-0.2, 0) is 0 Å². The Balaban J connectivity index is 2.53. The number of benzene rings is 2. The highest BCUT2D eigenvalue weighted by Gasteiger charge is 2.29. The molecule has 0 radical (unpaired) electrons. The number of Topliss-reactive ketones (excluding diaryl/α,β-unsaturated/α-hetero) is 1. The molecule has 106 valence electrons. The van der Waals surface area contributed by atoms with Crippen LogP contribution in [0.15, 0.2) is 40.9 Å². The molecule has 1 unspecified atom stereocenters. The Bertz CT molecular complexity index is 732. The zero-order valence-corrected chi connectivity index (χ0v) is 12.0. The lowest BCUT2D eigenvalue weighted by molar-refractivity contribution is 0.0969. The molecule has 0 saturated carbocycles. The zero-order chi connectivity index (χ0) is 15.6. The molecule has 0 heterocycles. The molecule has 0 aromatic heterocycles. The minimum absolute atomic E-state index is 0.119. The van der Waals surface area contributed by atoms with E-state index in [1.807, 2.05) is 0 Å². The third-order valence-corrected chi connectivity index (χ3v) is 3.32. The van der Waals surface area contributed by atoms with Gasteiger partial charge in [-0.25, -0.2) is 13.2 Å². The number of rotatable bonds is 3. The second-order valence-electron chi connectivity index (χ2n) is 4.19. The monoisotopic (exact) mass is 353 g/mol. The fraction of sp³-hybridized carbons (Fsp3) is 0.0667. The zero-order valence-electron chi connectivity index (χ0n) is 10.4. The first-order valence-electron chi connectivity index (χ1n) is 5.78. The van der Waals surface area contributed by atoms with Crippen LogP contribution in [0.3, 0.4) is 0 Å². The van der Waals surface area contributed by atoms with Gasteiger partial charge in [-0.05, 0) is 18.2 Å². The Morgan fingerprint density at radius 1 is 1.10 bits per heavy atom. The molecule has 6 heteroatoms. The molecule has 0 aliphatic heterocycles. The van der Waals surface area contributed by atoms with Crippen LogP contribution >= 0.6 is 15.9 Å². The van der Waals surface area contributed by atoms with Gasteiger partial charge in [-0.3, -0.25) is 4.79 Å². The lowest BCUT2D eigenvalue weighted by Gasteiger charge is -2.11. The Morgan fingerprint density at radius 3 is 2.19 bits per heavy atom. The maximum atomic E-state index is 13.8. The number of ketones is 1. The maximum absolute atomic E-state index is 13.8. The molecule has 0 spiro atoms. The van der Waals surface area contributed by atoms with E-state index in [9.17, 15) is 18.0 Å². The van der Waals surface area contributed by atoms with E-state index in [4.69, 9.17) is 5.26 Å². The SMILES string of the molecule is N#CC(C(=O)c1c(F)cc(Br)cc1F)c1ccccc1F. The first kappa shape index (κ1) is 15.3. The van der Waals surface area contributed by atoms with Crippen LogP contribution in [0.5, 0.6) is 0 Å². The van der Waals surface area contributed by atoms with Crippen molar-refractivity contribution >= 4 is 21.7 Å². The van der Waals surface area contributed by atoms with Crippen LogP contribution in [0.1, 0.15) is 21.8 Å². The first-order chi connectivity index (χ1) is 9.95. The van der Waals surface area contributed by atoms with Crippen LogP contribution in [-0.4, -0.2) is 5.78 Å². The Kier molecular flexibility index (Phi) is 4.43. The summed E-state index contributed by atoms with van der Waals surface area (Å²) in [6, 6.07) is 8.53. The van der Waals surface area contributed by atoms with Crippen molar-refractivity contribution in [3.05, 3.63) is 69.4 Å². The minimum atomic E-state index is -1.61. The van der Waals surface area contributed by atoms with Gasteiger partial charge < -0.3 is 0 Å². The van der Waals surface area contributed by atoms with Crippen molar-refractivity contribution in [1.82, 2.24) is 0 Å². The molecule has 2 aromatic rings. The summed E-state index contributed by atoms with van der Waals surface area (Å²) < 4.78 is 41.3. The average molecular weight is 354 g/mol. The highest BCUT2D eigenvalue weighted by molar-refractivity contribution is 9.10. The summed E-state index contributed by atoms with van der Waals surface area (Å²) in [5.74, 6) is -5.73. The second kappa shape index (κ2) is 6.10. The molecule has 21 heavy (non-hydrogen) atoms. The molecule has 0 bridgehead atoms. The lowest BCUT2D eigenvalue weighted by atomic mass is 9.91. The van der Waals surface area contributed by atoms with Gasteiger partial charge in [-0.1, -0.05) is 34.1 Å². The van der Waals surface area contributed by atoms with E-state index in [2.05, 4.69) is 15.9 Å². The van der Waals surface area contributed by atoms with E-state index in [-0.39, 0.29) is 10.0 Å². The number of carbonyl (C=O) groups excluding carboxylic acids is 1. The van der Waals surface area contributed by atoms with Gasteiger partial charge >= 0.3 is 0 Å². The van der Waals surface area contributed by atoms with E-state index in [0.29, 0.717) is 0 Å². The molecule has 2 nitrogen and oxygen atoms in total. The third kappa shape index (κ3) is 2.98. The molecule has 0 saturated heterocycles. The van der Waals surface area contributed by atoms with Gasteiger partial charge in [0.2, 0.25) is 0 Å². The van der Waals surface area contributed by atoms with Crippen LogP contribution in [0, 0.1) is 28.8 Å². The van der Waals surface area contributed by atoms with E-state index < -0.39 is 34.7 Å². The van der Waals surface area contributed by atoms with Gasteiger partial charge in [-0.2, -0.15) is 5.26 Å². The largest absolute Gasteiger partial charge is 0.292 e. The number of hydrogen-bond donors (Lipinski definition) is 0. The summed E-state index contributed by atoms with van der Waals surface area (Å²) in [7, 11) is 0. The summed E-state index contributed by atoms with van der Waals surface area (Å²) in [5.41, 5.74) is -1.07. The van der Waals surface area contributed by atoms with Crippen molar-refractivity contribution in [2.24, 2.45) is 0 Å². The van der Waals surface area contributed by atoms with E-state index in [0.717, 1.165) is 18.2 Å². The molecule has 2 aromatic carbocycles. The van der Waals surface area contributed by atoms with Crippen molar-refractivity contribution in [1.29, 1.82) is 5.26 Å². The summed E-state index contributed by atoms with van der Waals surface area (Å²) >= 11 is 2.89. The smallest absolute Gasteiger partial charge is 0.190 e. The fourth-order valence-electron chi connectivity index (χ4n) is 1.90. The van der Waals surface area contributed by atoms with Gasteiger partial charge in [0.1, 0.15) is 23.4 Å². The standard InChI is InChI=1S/C15H7BrF3NO/c16-8-5-12(18)14(13(19)6-8)15(21)10(7-20)9-3-1-2-4-11(9)17/h1-6,10H. The summed E-state index contributed by atoms with van der Waals surface area (Å²) in [5, 5.41) is 9.08. The van der Waals surface area contributed by atoms with E-state index in [1.165, 1.54) is 18.2 Å². The van der Waals surface area contributed by atoms with Crippen LogP contribution in [0.2, 0.25) is 0 Å². The number of halogens is 4. The van der Waals surface area contributed by atoms with Gasteiger partial charge in [0.15, 0.2) is 5.78 Å². The van der Waals surface area contributed by atoms with Crippen molar-refractivity contribution < 1.29 is 18.0 Å². The van der Waals surface area contributed by atoms with E-state index >= 15 is 0 Å². The third-order valence-electron chi connectivity index (χ3n) is 2.86. The molecule has 2 rings (SSSR count). The maximum Gasteiger partial charge on any atom is 0.190 e. The van der Waals surface area contributed by atoms with Crippen molar-refractivity contribution in [3.8, 4) is 6.07 Å². The number of hydrogen-bond acceptors (Lipinski definition) is 2. The van der Waals surface area contributed by atoms with Crippen molar-refractivity contribution in [3.63, 3.8) is 0 Å². The summed E-state index contributed by atoms with van der Waals surface area (Å²) in [6.07, 6.45) is 0. The molecular weight excluding hydrogens is 347 g/mol. The first-order valence-corrected chi connectivity index (χ1v) is 6.57. The lowest BCUT2D eigenvalue weighted by Crippen LogP contribution is -2.16. The highest BCUT2D eigenvalue weighted by atomic mass is 79.9. The Labute approximate surface area is 127 Å². The van der Waals surface area contributed by atoms with E-state index in [1.54, 1.807) is 6.07 Å². The predicted molar refractivity (Wildman–Crippen MR) is 73.1 cm³/mol. The topological polar surface area (TPSA) is 40.9 Å². The summed E-state index contributed by atoms with van der Waals surface area (Å²) in [4.78, 5) is 12.2. The van der Waals surface area contributed by atoms with Crippen LogP contribution in [0.4, 0.5) is 13.2 Å². The van der Waals surface area contributed by atoms with Gasteiger partial charge in [0, 0.05) is 10.0 Å². The average Bonchev–Trinajstić information content (AvgIpc) is 2.40. The number of carbonyl (C=O) groups is 1. The predicted octanol–water partition coefficient (Wildman–Crippen LogP) is 4.36. The molecule has 0 aliphatic rings. The Morgan fingerprint density at radius 2 is 1.67 bits per heavy atom. The van der Waals surface area contributed by atoms with Crippen LogP contribution < -0.4 is 0 Å². The van der Waals surface area contributed by atoms with Crippen molar-refractivity contribution in [2.45, 2.75) is 5.92 Å². The quantitative estimate of drug-likeness (QED) is 0.769. The molecule has 0 fully saturated rings. The van der Waals surface area contributed by atoms with Crippen LogP contribution in [0.25, 0.3) is 0 Å². The molecule has 0 amide bonds. The second-order valence-corrected chi connectivity index (χ2v) is 5.11. The van der Waals surface area contributed by atoms with Gasteiger partial charge in [0.25, 0.3) is 0 Å². The Hall–Kier alpha value is -2.13. The summed E-state index contributed by atoms with van der Waals surface area (Å²) in [6.45, 7) is 0. The highest BCUT2D eigenvalue weighted by Crippen LogP contribution is 2.27. The molecule has 0 aliphatic carbocycles.